The van der Waals surface area contributed by atoms with Gasteiger partial charge in [-0.15, -0.1) is 0 Å². The lowest BCUT2D eigenvalue weighted by molar-refractivity contribution is 0.0250. The highest BCUT2D eigenvalue weighted by molar-refractivity contribution is 5.20. The van der Waals surface area contributed by atoms with Gasteiger partial charge in [0.1, 0.15) is 12.4 Å². The molecule has 0 aromatic heterocycles. The summed E-state index contributed by atoms with van der Waals surface area (Å²) in [5.41, 5.74) is 0. The van der Waals surface area contributed by atoms with Crippen LogP contribution < -0.4 is 4.74 Å². The van der Waals surface area contributed by atoms with Crippen LogP contribution in [0.5, 0.6) is 5.75 Å². The largest absolute Gasteiger partial charge is 0.492 e. The van der Waals surface area contributed by atoms with Crippen molar-refractivity contribution < 1.29 is 23.7 Å². The molecule has 26 heavy (non-hydrogen) atoms. The van der Waals surface area contributed by atoms with E-state index in [4.69, 9.17) is 23.7 Å². The van der Waals surface area contributed by atoms with Crippen molar-refractivity contribution in [1.82, 2.24) is 4.90 Å². The van der Waals surface area contributed by atoms with E-state index in [9.17, 15) is 0 Å². The highest BCUT2D eigenvalue weighted by Crippen LogP contribution is 2.07. The van der Waals surface area contributed by atoms with Gasteiger partial charge in [-0.2, -0.15) is 0 Å². The summed E-state index contributed by atoms with van der Waals surface area (Å²) in [6.45, 7) is 12.5. The Balaban J connectivity index is 2.20. The van der Waals surface area contributed by atoms with Crippen LogP contribution in [0.1, 0.15) is 13.8 Å². The summed E-state index contributed by atoms with van der Waals surface area (Å²) in [6, 6.07) is 9.88. The molecule has 6 heteroatoms. The Hall–Kier alpha value is -1.18. The van der Waals surface area contributed by atoms with Crippen LogP contribution in [0.2, 0.25) is 0 Å². The van der Waals surface area contributed by atoms with Gasteiger partial charge in [0.2, 0.25) is 0 Å². The Bertz CT molecular complexity index is 388. The quantitative estimate of drug-likeness (QED) is 0.371. The molecule has 0 unspecified atom stereocenters. The zero-order chi connectivity index (χ0) is 18.7. The first-order valence-corrected chi connectivity index (χ1v) is 9.58. The van der Waals surface area contributed by atoms with E-state index < -0.39 is 0 Å². The Morgan fingerprint density at radius 3 is 1.65 bits per heavy atom. The molecule has 150 valence electrons. The van der Waals surface area contributed by atoms with E-state index in [1.165, 1.54) is 0 Å². The number of rotatable bonds is 18. The lowest BCUT2D eigenvalue weighted by atomic mass is 10.3. The Kier molecular flexibility index (Phi) is 15.2. The topological polar surface area (TPSA) is 49.4 Å². The van der Waals surface area contributed by atoms with Gasteiger partial charge in [0.15, 0.2) is 0 Å². The molecular weight excluding hydrogens is 334 g/mol. The second-order valence-corrected chi connectivity index (χ2v) is 5.62. The van der Waals surface area contributed by atoms with Gasteiger partial charge in [-0.3, -0.25) is 4.90 Å². The van der Waals surface area contributed by atoms with E-state index in [0.717, 1.165) is 38.6 Å². The average molecular weight is 370 g/mol. The number of hydrogen-bond donors (Lipinski definition) is 0. The highest BCUT2D eigenvalue weighted by Gasteiger charge is 2.06. The van der Waals surface area contributed by atoms with E-state index in [1.807, 2.05) is 44.2 Å². The smallest absolute Gasteiger partial charge is 0.119 e. The molecule has 0 radical (unpaired) electrons. The van der Waals surface area contributed by atoms with Crippen molar-refractivity contribution in [2.75, 3.05) is 79.1 Å². The van der Waals surface area contributed by atoms with Crippen LogP contribution in [0.15, 0.2) is 30.3 Å². The minimum atomic E-state index is 0.632. The normalized spacial score (nSPS) is 11.2. The van der Waals surface area contributed by atoms with Crippen molar-refractivity contribution >= 4 is 0 Å². The zero-order valence-corrected chi connectivity index (χ0v) is 16.4. The molecule has 0 aliphatic heterocycles. The van der Waals surface area contributed by atoms with Gasteiger partial charge in [0.05, 0.1) is 39.6 Å². The summed E-state index contributed by atoms with van der Waals surface area (Å²) < 4.78 is 27.6. The van der Waals surface area contributed by atoms with Crippen LogP contribution >= 0.6 is 0 Å². The summed E-state index contributed by atoms with van der Waals surface area (Å²) in [6.07, 6.45) is 0. The predicted molar refractivity (Wildman–Crippen MR) is 103 cm³/mol. The van der Waals surface area contributed by atoms with Crippen molar-refractivity contribution in [1.29, 1.82) is 0 Å². The molecular formula is C20H35NO5. The van der Waals surface area contributed by atoms with Gasteiger partial charge >= 0.3 is 0 Å². The molecule has 1 rings (SSSR count). The summed E-state index contributed by atoms with van der Waals surface area (Å²) in [5.74, 6) is 0.897. The lowest BCUT2D eigenvalue weighted by Gasteiger charge is -2.22. The maximum Gasteiger partial charge on any atom is 0.119 e. The molecule has 0 fully saturated rings. The minimum absolute atomic E-state index is 0.632. The fraction of sp³-hybridized carbons (Fsp3) is 0.700. The van der Waals surface area contributed by atoms with E-state index in [0.29, 0.717) is 46.2 Å². The molecule has 0 saturated carbocycles. The first kappa shape index (κ1) is 22.9. The third kappa shape index (κ3) is 13.1. The van der Waals surface area contributed by atoms with Crippen molar-refractivity contribution in [3.8, 4) is 5.75 Å². The van der Waals surface area contributed by atoms with Crippen LogP contribution in [0, 0.1) is 0 Å². The summed E-state index contributed by atoms with van der Waals surface area (Å²) >= 11 is 0. The van der Waals surface area contributed by atoms with E-state index >= 15 is 0 Å². The summed E-state index contributed by atoms with van der Waals surface area (Å²) in [4.78, 5) is 2.30. The second-order valence-electron chi connectivity index (χ2n) is 5.62. The SMILES string of the molecule is CCOCCOCCN(CCOCCOCC)CCOc1ccccc1. The zero-order valence-electron chi connectivity index (χ0n) is 16.4. The van der Waals surface area contributed by atoms with Gasteiger partial charge < -0.3 is 23.7 Å². The Morgan fingerprint density at radius 1 is 0.615 bits per heavy atom. The molecule has 0 saturated heterocycles. The standard InChI is InChI=1S/C20H35NO5/c1-3-22-16-18-24-13-10-21(11-14-25-19-17-23-4-2)12-15-26-20-8-6-5-7-9-20/h5-9H,3-4,10-19H2,1-2H3. The second kappa shape index (κ2) is 17.2. The average Bonchev–Trinajstić information content (AvgIpc) is 2.67. The summed E-state index contributed by atoms with van der Waals surface area (Å²) in [5, 5.41) is 0. The third-order valence-corrected chi connectivity index (χ3v) is 3.68. The van der Waals surface area contributed by atoms with Crippen LogP contribution in [0.4, 0.5) is 0 Å². The fourth-order valence-electron chi connectivity index (χ4n) is 2.26. The number of para-hydroxylation sites is 1. The molecule has 0 heterocycles. The predicted octanol–water partition coefficient (Wildman–Crippen LogP) is 2.47. The molecule has 0 aliphatic carbocycles. The molecule has 1 aromatic carbocycles. The lowest BCUT2D eigenvalue weighted by Crippen LogP contribution is -2.35. The number of ether oxygens (including phenoxy) is 5. The highest BCUT2D eigenvalue weighted by atomic mass is 16.5. The monoisotopic (exact) mass is 369 g/mol. The van der Waals surface area contributed by atoms with Crippen molar-refractivity contribution in [2.45, 2.75) is 13.8 Å². The molecule has 6 nitrogen and oxygen atoms in total. The molecule has 1 aromatic rings. The van der Waals surface area contributed by atoms with Crippen LogP contribution in [-0.4, -0.2) is 84.0 Å². The maximum atomic E-state index is 5.79. The summed E-state index contributed by atoms with van der Waals surface area (Å²) in [7, 11) is 0. The first-order valence-electron chi connectivity index (χ1n) is 9.58. The molecule has 0 amide bonds. The van der Waals surface area contributed by atoms with E-state index in [1.54, 1.807) is 0 Å². The van der Waals surface area contributed by atoms with Crippen LogP contribution in [-0.2, 0) is 18.9 Å². The fourth-order valence-corrected chi connectivity index (χ4v) is 2.26. The van der Waals surface area contributed by atoms with Gasteiger partial charge in [0.25, 0.3) is 0 Å². The van der Waals surface area contributed by atoms with Crippen LogP contribution in [0.3, 0.4) is 0 Å². The molecule has 0 N–H and O–H groups in total. The molecule has 0 atom stereocenters. The van der Waals surface area contributed by atoms with Crippen molar-refractivity contribution in [3.63, 3.8) is 0 Å². The minimum Gasteiger partial charge on any atom is -0.492 e. The van der Waals surface area contributed by atoms with Crippen molar-refractivity contribution in [3.05, 3.63) is 30.3 Å². The molecule has 0 aliphatic rings. The maximum absolute atomic E-state index is 5.79. The number of nitrogens with zero attached hydrogens (tertiary/aromatic N) is 1. The van der Waals surface area contributed by atoms with Gasteiger partial charge in [-0.05, 0) is 26.0 Å². The molecule has 0 spiro atoms. The van der Waals surface area contributed by atoms with E-state index in [2.05, 4.69) is 4.90 Å². The Labute approximate surface area is 158 Å². The third-order valence-electron chi connectivity index (χ3n) is 3.68. The Morgan fingerprint density at radius 2 is 1.12 bits per heavy atom. The van der Waals surface area contributed by atoms with Gasteiger partial charge in [-0.1, -0.05) is 18.2 Å². The first-order chi connectivity index (χ1) is 12.9. The van der Waals surface area contributed by atoms with E-state index in [-0.39, 0.29) is 0 Å². The van der Waals surface area contributed by atoms with Crippen molar-refractivity contribution in [2.24, 2.45) is 0 Å². The van der Waals surface area contributed by atoms with Gasteiger partial charge in [0, 0.05) is 32.8 Å². The van der Waals surface area contributed by atoms with Crippen LogP contribution in [0.25, 0.3) is 0 Å². The molecule has 0 bridgehead atoms. The number of benzene rings is 1. The number of hydrogen-bond acceptors (Lipinski definition) is 6. The van der Waals surface area contributed by atoms with Gasteiger partial charge in [-0.25, -0.2) is 0 Å².